The number of nitrogens with one attached hydrogen (secondary N) is 1. The largest absolute Gasteiger partial charge is 0.480 e. The minimum Gasteiger partial charge on any atom is -0.480 e. The van der Waals surface area contributed by atoms with E-state index in [-0.39, 0.29) is 5.91 Å². The molecular weight excluding hydrogens is 318 g/mol. The van der Waals surface area contributed by atoms with Gasteiger partial charge in [-0.25, -0.2) is 4.79 Å². The fourth-order valence-corrected chi connectivity index (χ4v) is 2.94. The van der Waals surface area contributed by atoms with Crippen molar-refractivity contribution in [2.45, 2.75) is 116 Å². The Morgan fingerprint density at radius 1 is 0.800 bits per heavy atom. The molecule has 0 aliphatic rings. The van der Waals surface area contributed by atoms with E-state index in [9.17, 15) is 14.7 Å². The first-order valence-corrected chi connectivity index (χ1v) is 10.2. The fourth-order valence-electron chi connectivity index (χ4n) is 2.94. The van der Waals surface area contributed by atoms with Gasteiger partial charge in [0.2, 0.25) is 5.91 Å². The van der Waals surface area contributed by atoms with Gasteiger partial charge in [-0.1, -0.05) is 84.0 Å². The van der Waals surface area contributed by atoms with Crippen LogP contribution in [-0.2, 0) is 9.59 Å². The molecule has 0 radical (unpaired) electrons. The smallest absolute Gasteiger partial charge is 0.328 e. The summed E-state index contributed by atoms with van der Waals surface area (Å²) in [4.78, 5) is 22.6. The molecule has 5 nitrogen and oxygen atoms in total. The summed E-state index contributed by atoms with van der Waals surface area (Å²) in [6.07, 6.45) is 15.4. The third-order valence-corrected chi connectivity index (χ3v) is 4.57. The summed E-state index contributed by atoms with van der Waals surface area (Å²) in [5, 5.41) is 20.6. The molecule has 0 rings (SSSR count). The molecule has 0 aromatic heterocycles. The van der Waals surface area contributed by atoms with Crippen molar-refractivity contribution in [3.63, 3.8) is 0 Å². The van der Waals surface area contributed by atoms with Gasteiger partial charge in [0.15, 0.2) is 6.04 Å². The quantitative estimate of drug-likeness (QED) is 0.336. The number of hydrogen-bond acceptors (Lipinski definition) is 3. The van der Waals surface area contributed by atoms with E-state index < -0.39 is 18.1 Å². The molecular formula is C20H39NO4. The zero-order chi connectivity index (χ0) is 18.9. The molecule has 0 saturated carbocycles. The molecule has 0 fully saturated rings. The minimum absolute atomic E-state index is 0.295. The van der Waals surface area contributed by atoms with Crippen molar-refractivity contribution < 1.29 is 19.8 Å². The van der Waals surface area contributed by atoms with Crippen LogP contribution in [-0.4, -0.2) is 34.2 Å². The average Bonchev–Trinajstić information content (AvgIpc) is 2.56. The van der Waals surface area contributed by atoms with Crippen LogP contribution in [0.4, 0.5) is 0 Å². The lowest BCUT2D eigenvalue weighted by Gasteiger charge is -2.16. The Hall–Kier alpha value is -1.10. The summed E-state index contributed by atoms with van der Waals surface area (Å²) in [5.41, 5.74) is 0. The number of amides is 1. The minimum atomic E-state index is -1.21. The Balaban J connectivity index is 3.40. The molecule has 5 heteroatoms. The van der Waals surface area contributed by atoms with Crippen LogP contribution in [0.3, 0.4) is 0 Å². The van der Waals surface area contributed by atoms with Gasteiger partial charge in [-0.05, 0) is 13.3 Å². The lowest BCUT2D eigenvalue weighted by atomic mass is 10.0. The first kappa shape index (κ1) is 23.9. The first-order valence-electron chi connectivity index (χ1n) is 10.2. The number of carboxylic acids is 1. The van der Waals surface area contributed by atoms with Gasteiger partial charge in [-0.15, -0.1) is 0 Å². The molecule has 0 aromatic carbocycles. The lowest BCUT2D eigenvalue weighted by molar-refractivity contribution is -0.144. The summed E-state index contributed by atoms with van der Waals surface area (Å²) in [5.74, 6) is -1.50. The number of unbranched alkanes of at least 4 members (excludes halogenated alkanes) is 12. The maximum atomic E-state index is 11.7. The van der Waals surface area contributed by atoms with Crippen LogP contribution in [0.1, 0.15) is 104 Å². The van der Waals surface area contributed by atoms with Gasteiger partial charge in [0.05, 0.1) is 6.10 Å². The predicted octanol–water partition coefficient (Wildman–Crippen LogP) is 4.42. The Morgan fingerprint density at radius 2 is 1.20 bits per heavy atom. The molecule has 25 heavy (non-hydrogen) atoms. The van der Waals surface area contributed by atoms with Crippen molar-refractivity contribution in [2.24, 2.45) is 0 Å². The third-order valence-electron chi connectivity index (χ3n) is 4.57. The Bertz CT molecular complexity index is 345. The van der Waals surface area contributed by atoms with E-state index in [2.05, 4.69) is 12.2 Å². The number of carbonyl (C=O) groups is 2. The second kappa shape index (κ2) is 16.4. The highest BCUT2D eigenvalue weighted by molar-refractivity contribution is 5.83. The maximum absolute atomic E-state index is 11.7. The molecule has 0 unspecified atom stereocenters. The predicted molar refractivity (Wildman–Crippen MR) is 102 cm³/mol. The van der Waals surface area contributed by atoms with Crippen LogP contribution in [0.5, 0.6) is 0 Å². The van der Waals surface area contributed by atoms with E-state index in [0.29, 0.717) is 6.42 Å². The summed E-state index contributed by atoms with van der Waals surface area (Å²) in [7, 11) is 0. The first-order chi connectivity index (χ1) is 12.0. The van der Waals surface area contributed by atoms with E-state index in [1.54, 1.807) is 0 Å². The van der Waals surface area contributed by atoms with Gasteiger partial charge in [0.25, 0.3) is 0 Å². The number of carboxylic acid groups (broad SMARTS) is 1. The van der Waals surface area contributed by atoms with Crippen LogP contribution in [0.25, 0.3) is 0 Å². The van der Waals surface area contributed by atoms with Gasteiger partial charge < -0.3 is 15.5 Å². The monoisotopic (exact) mass is 357 g/mol. The normalized spacial score (nSPS) is 13.4. The van der Waals surface area contributed by atoms with Crippen molar-refractivity contribution in [1.29, 1.82) is 0 Å². The molecule has 0 aromatic rings. The number of aliphatic hydroxyl groups excluding tert-OH is 1. The van der Waals surface area contributed by atoms with E-state index in [0.717, 1.165) is 19.3 Å². The average molecular weight is 358 g/mol. The Morgan fingerprint density at radius 3 is 1.56 bits per heavy atom. The second-order valence-electron chi connectivity index (χ2n) is 7.12. The van der Waals surface area contributed by atoms with E-state index in [1.807, 2.05) is 0 Å². The van der Waals surface area contributed by atoms with Crippen molar-refractivity contribution in [1.82, 2.24) is 5.32 Å². The highest BCUT2D eigenvalue weighted by Crippen LogP contribution is 2.13. The van der Waals surface area contributed by atoms with Gasteiger partial charge in [-0.2, -0.15) is 0 Å². The zero-order valence-electron chi connectivity index (χ0n) is 16.3. The van der Waals surface area contributed by atoms with Gasteiger partial charge in [0, 0.05) is 6.42 Å². The molecule has 0 spiro atoms. The molecule has 0 bridgehead atoms. The molecule has 1 amide bonds. The van der Waals surface area contributed by atoms with E-state index >= 15 is 0 Å². The summed E-state index contributed by atoms with van der Waals surface area (Å²) in [6, 6.07) is -1.21. The van der Waals surface area contributed by atoms with Crippen molar-refractivity contribution in [3.8, 4) is 0 Å². The van der Waals surface area contributed by atoms with Crippen molar-refractivity contribution >= 4 is 11.9 Å². The molecule has 0 saturated heterocycles. The molecule has 0 heterocycles. The van der Waals surface area contributed by atoms with Crippen molar-refractivity contribution in [2.75, 3.05) is 0 Å². The highest BCUT2D eigenvalue weighted by atomic mass is 16.4. The van der Waals surface area contributed by atoms with E-state index in [1.165, 1.54) is 71.1 Å². The highest BCUT2D eigenvalue weighted by Gasteiger charge is 2.24. The summed E-state index contributed by atoms with van der Waals surface area (Å²) in [6.45, 7) is 3.61. The number of aliphatic carboxylic acids is 1. The fraction of sp³-hybridized carbons (Fsp3) is 0.900. The van der Waals surface area contributed by atoms with Crippen LogP contribution in [0.15, 0.2) is 0 Å². The summed E-state index contributed by atoms with van der Waals surface area (Å²) >= 11 is 0. The lowest BCUT2D eigenvalue weighted by Crippen LogP contribution is -2.47. The topological polar surface area (TPSA) is 86.6 Å². The number of rotatable bonds is 17. The van der Waals surface area contributed by atoms with Crippen LogP contribution >= 0.6 is 0 Å². The standard InChI is InChI=1S/C20H39NO4/c1-3-4-5-6-7-8-9-10-11-12-13-14-15-16-18(23)21-19(17(2)22)20(24)25/h17,19,22H,3-16H2,1-2H3,(H,21,23)(H,24,25)/t17-,19+/m0/s1. The SMILES string of the molecule is CCCCCCCCCCCCCCCC(=O)N[C@@H](C(=O)O)[C@H](C)O. The Labute approximate surface area is 153 Å². The van der Waals surface area contributed by atoms with Crippen LogP contribution in [0.2, 0.25) is 0 Å². The maximum Gasteiger partial charge on any atom is 0.328 e. The number of hydrogen-bond donors (Lipinski definition) is 3. The van der Waals surface area contributed by atoms with Gasteiger partial charge >= 0.3 is 5.97 Å². The van der Waals surface area contributed by atoms with Crippen LogP contribution in [0, 0.1) is 0 Å². The third kappa shape index (κ3) is 14.9. The van der Waals surface area contributed by atoms with Gasteiger partial charge in [-0.3, -0.25) is 4.79 Å². The molecule has 2 atom stereocenters. The second-order valence-corrected chi connectivity index (χ2v) is 7.12. The summed E-state index contributed by atoms with van der Waals surface area (Å²) < 4.78 is 0. The molecule has 148 valence electrons. The zero-order valence-corrected chi connectivity index (χ0v) is 16.3. The van der Waals surface area contributed by atoms with Crippen molar-refractivity contribution in [3.05, 3.63) is 0 Å². The van der Waals surface area contributed by atoms with Crippen LogP contribution < -0.4 is 5.32 Å². The van der Waals surface area contributed by atoms with E-state index in [4.69, 9.17) is 5.11 Å². The number of aliphatic hydroxyl groups is 1. The Kier molecular flexibility index (Phi) is 15.7. The van der Waals surface area contributed by atoms with Gasteiger partial charge in [0.1, 0.15) is 0 Å². The molecule has 0 aliphatic carbocycles. The molecule has 0 aliphatic heterocycles. The molecule has 3 N–H and O–H groups in total. The number of carbonyl (C=O) groups excluding carboxylic acids is 1.